The summed E-state index contributed by atoms with van der Waals surface area (Å²) in [6.45, 7) is 9.37. The van der Waals surface area contributed by atoms with E-state index in [1.165, 1.54) is 5.56 Å². The lowest BCUT2D eigenvalue weighted by Gasteiger charge is -2.18. The van der Waals surface area contributed by atoms with Crippen LogP contribution in [0, 0.1) is 0 Å². The number of carbonyl (C=O) groups excluding carboxylic acids is 1. The quantitative estimate of drug-likeness (QED) is 0.783. The van der Waals surface area contributed by atoms with Crippen molar-refractivity contribution in [3.63, 3.8) is 0 Å². The van der Waals surface area contributed by atoms with Gasteiger partial charge < -0.3 is 9.84 Å². The second-order valence-electron chi connectivity index (χ2n) is 7.04. The van der Waals surface area contributed by atoms with Crippen LogP contribution >= 0.6 is 0 Å². The number of hydrogen-bond acceptors (Lipinski definition) is 4. The van der Waals surface area contributed by atoms with Crippen LogP contribution in [0.2, 0.25) is 0 Å². The minimum absolute atomic E-state index is 0.0257. The molecule has 0 bridgehead atoms. The van der Waals surface area contributed by atoms with Crippen LogP contribution in [0.1, 0.15) is 58.4 Å². The molecule has 0 aliphatic heterocycles. The highest BCUT2D eigenvalue weighted by atomic mass is 16.5. The lowest BCUT2D eigenvalue weighted by atomic mass is 9.87. The Morgan fingerprint density at radius 2 is 1.92 bits per heavy atom. The highest BCUT2D eigenvalue weighted by Gasteiger charge is 2.15. The van der Waals surface area contributed by atoms with Gasteiger partial charge in [-0.25, -0.2) is 0 Å². The third-order valence-electron chi connectivity index (χ3n) is 3.90. The van der Waals surface area contributed by atoms with E-state index in [0.29, 0.717) is 24.6 Å². The minimum atomic E-state index is 0.0257. The zero-order chi connectivity index (χ0) is 17.6. The predicted molar refractivity (Wildman–Crippen MR) is 94.7 cm³/mol. The van der Waals surface area contributed by atoms with Crippen LogP contribution in [0.3, 0.4) is 0 Å². The van der Waals surface area contributed by atoms with Crippen LogP contribution in [-0.4, -0.2) is 22.6 Å². The van der Waals surface area contributed by atoms with Gasteiger partial charge in [-0.05, 0) is 17.4 Å². The lowest BCUT2D eigenvalue weighted by molar-refractivity contribution is -0.121. The van der Waals surface area contributed by atoms with Gasteiger partial charge in [-0.3, -0.25) is 4.79 Å². The fourth-order valence-corrected chi connectivity index (χ4v) is 2.31. The van der Waals surface area contributed by atoms with Crippen molar-refractivity contribution in [2.24, 2.45) is 0 Å². The van der Waals surface area contributed by atoms with Gasteiger partial charge in [0.15, 0.2) is 0 Å². The maximum atomic E-state index is 11.7. The van der Waals surface area contributed by atoms with Gasteiger partial charge in [0.1, 0.15) is 0 Å². The molecule has 0 atom stereocenters. The summed E-state index contributed by atoms with van der Waals surface area (Å²) >= 11 is 0. The Hall–Kier alpha value is -2.17. The van der Waals surface area contributed by atoms with Crippen LogP contribution in [-0.2, 0) is 16.6 Å². The molecule has 5 nitrogen and oxygen atoms in total. The maximum absolute atomic E-state index is 11.7. The maximum Gasteiger partial charge on any atom is 0.227 e. The van der Waals surface area contributed by atoms with E-state index < -0.39 is 0 Å². The molecular formula is C19H27N3O2. The van der Waals surface area contributed by atoms with Crippen LogP contribution in [0.15, 0.2) is 28.8 Å². The molecule has 2 rings (SSSR count). The average Bonchev–Trinajstić information content (AvgIpc) is 3.01. The number of unbranched alkanes of at least 4 members (excludes halogenated alkanes) is 1. The molecule has 5 heteroatoms. The zero-order valence-corrected chi connectivity index (χ0v) is 15.1. The van der Waals surface area contributed by atoms with E-state index in [2.05, 4.69) is 55.3 Å². The smallest absolute Gasteiger partial charge is 0.227 e. The van der Waals surface area contributed by atoms with E-state index in [-0.39, 0.29) is 11.3 Å². The molecule has 2 aromatic rings. The molecule has 24 heavy (non-hydrogen) atoms. The molecule has 1 N–H and O–H groups in total. The Bertz CT molecular complexity index is 654. The Morgan fingerprint density at radius 3 is 2.54 bits per heavy atom. The van der Waals surface area contributed by atoms with Crippen molar-refractivity contribution in [2.45, 2.75) is 58.8 Å². The molecule has 130 valence electrons. The van der Waals surface area contributed by atoms with Gasteiger partial charge in [0, 0.05) is 24.9 Å². The molecule has 0 aliphatic rings. The van der Waals surface area contributed by atoms with Gasteiger partial charge >= 0.3 is 0 Å². The number of aryl methyl sites for hydroxylation is 1. The Kier molecular flexibility index (Phi) is 6.12. The topological polar surface area (TPSA) is 68.0 Å². The van der Waals surface area contributed by atoms with E-state index in [0.717, 1.165) is 24.9 Å². The number of hydrogen-bond donors (Lipinski definition) is 1. The number of rotatable bonds is 7. The second kappa shape index (κ2) is 8.08. The molecular weight excluding hydrogens is 302 g/mol. The molecule has 1 aromatic heterocycles. The van der Waals surface area contributed by atoms with Crippen molar-refractivity contribution in [1.82, 2.24) is 15.5 Å². The summed E-state index contributed by atoms with van der Waals surface area (Å²) in [5.41, 5.74) is 2.30. The molecule has 1 amide bonds. The molecule has 0 aliphatic carbocycles. The first-order valence-electron chi connectivity index (χ1n) is 8.60. The average molecular weight is 329 g/mol. The highest BCUT2D eigenvalue weighted by Crippen LogP contribution is 2.25. The largest absolute Gasteiger partial charge is 0.356 e. The van der Waals surface area contributed by atoms with Gasteiger partial charge in [0.05, 0.1) is 0 Å². The van der Waals surface area contributed by atoms with Gasteiger partial charge in [-0.1, -0.05) is 63.5 Å². The number of aromatic nitrogens is 2. The lowest BCUT2D eigenvalue weighted by Crippen LogP contribution is -2.24. The Morgan fingerprint density at radius 1 is 1.21 bits per heavy atom. The molecule has 0 radical (unpaired) electrons. The molecule has 1 aromatic carbocycles. The van der Waals surface area contributed by atoms with Crippen molar-refractivity contribution in [2.75, 3.05) is 6.54 Å². The van der Waals surface area contributed by atoms with E-state index in [1.807, 2.05) is 12.1 Å². The standard InChI is InChI=1S/C19H27N3O2/c1-5-6-13-20-16(23)11-12-17-21-18(22-24-17)14-7-9-15(10-8-14)19(2,3)4/h7-10H,5-6,11-13H2,1-4H3,(H,20,23). The first-order chi connectivity index (χ1) is 11.4. The van der Waals surface area contributed by atoms with Gasteiger partial charge in [-0.2, -0.15) is 4.98 Å². The fourth-order valence-electron chi connectivity index (χ4n) is 2.31. The molecule has 1 heterocycles. The zero-order valence-electron chi connectivity index (χ0n) is 15.1. The molecule has 0 spiro atoms. The van der Waals surface area contributed by atoms with E-state index in [1.54, 1.807) is 0 Å². The highest BCUT2D eigenvalue weighted by molar-refractivity contribution is 5.75. The molecule has 0 saturated carbocycles. The minimum Gasteiger partial charge on any atom is -0.356 e. The molecule has 0 unspecified atom stereocenters. The van der Waals surface area contributed by atoms with Crippen molar-refractivity contribution in [3.8, 4) is 11.4 Å². The predicted octanol–water partition coefficient (Wildman–Crippen LogP) is 3.88. The summed E-state index contributed by atoms with van der Waals surface area (Å²) in [5.74, 6) is 1.09. The normalized spacial score (nSPS) is 11.5. The van der Waals surface area contributed by atoms with Crippen molar-refractivity contribution in [3.05, 3.63) is 35.7 Å². The van der Waals surface area contributed by atoms with Crippen LogP contribution in [0.5, 0.6) is 0 Å². The summed E-state index contributed by atoms with van der Waals surface area (Å²) < 4.78 is 5.25. The van der Waals surface area contributed by atoms with E-state index in [9.17, 15) is 4.79 Å². The number of benzene rings is 1. The fraction of sp³-hybridized carbons (Fsp3) is 0.526. The third-order valence-corrected chi connectivity index (χ3v) is 3.90. The van der Waals surface area contributed by atoms with Gasteiger partial charge in [0.25, 0.3) is 0 Å². The summed E-state index contributed by atoms with van der Waals surface area (Å²) in [6.07, 6.45) is 2.90. The first kappa shape index (κ1) is 18.2. The number of carbonyl (C=O) groups is 1. The molecule has 0 saturated heterocycles. The van der Waals surface area contributed by atoms with Crippen molar-refractivity contribution in [1.29, 1.82) is 0 Å². The van der Waals surface area contributed by atoms with Gasteiger partial charge in [0.2, 0.25) is 17.6 Å². The summed E-state index contributed by atoms with van der Waals surface area (Å²) in [4.78, 5) is 16.1. The monoisotopic (exact) mass is 329 g/mol. The Balaban J connectivity index is 1.92. The van der Waals surface area contributed by atoms with Crippen LogP contribution in [0.25, 0.3) is 11.4 Å². The van der Waals surface area contributed by atoms with E-state index >= 15 is 0 Å². The molecule has 0 fully saturated rings. The SMILES string of the molecule is CCCCNC(=O)CCc1nc(-c2ccc(C(C)(C)C)cc2)no1. The van der Waals surface area contributed by atoms with Gasteiger partial charge in [-0.15, -0.1) is 0 Å². The summed E-state index contributed by atoms with van der Waals surface area (Å²) in [7, 11) is 0. The number of nitrogens with one attached hydrogen (secondary N) is 1. The second-order valence-corrected chi connectivity index (χ2v) is 7.04. The first-order valence-corrected chi connectivity index (χ1v) is 8.60. The van der Waals surface area contributed by atoms with Crippen LogP contribution < -0.4 is 5.32 Å². The summed E-state index contributed by atoms with van der Waals surface area (Å²) in [6, 6.07) is 8.19. The number of amides is 1. The van der Waals surface area contributed by atoms with Crippen molar-refractivity contribution >= 4 is 5.91 Å². The number of nitrogens with zero attached hydrogens (tertiary/aromatic N) is 2. The summed E-state index contributed by atoms with van der Waals surface area (Å²) in [5, 5.41) is 6.90. The van der Waals surface area contributed by atoms with E-state index in [4.69, 9.17) is 4.52 Å². The Labute approximate surface area is 143 Å². The third kappa shape index (κ3) is 5.18. The van der Waals surface area contributed by atoms with Crippen LogP contribution in [0.4, 0.5) is 0 Å². The van der Waals surface area contributed by atoms with Crippen molar-refractivity contribution < 1.29 is 9.32 Å².